The van der Waals surface area contributed by atoms with Gasteiger partial charge in [0.15, 0.2) is 0 Å². The Balaban J connectivity index is 1.64. The number of hydrogen-bond donors (Lipinski definition) is 1. The fraction of sp³-hybridized carbons (Fsp3) is 0.846. The van der Waals surface area contributed by atoms with Gasteiger partial charge in [0.25, 0.3) is 0 Å². The molecule has 2 aliphatic carbocycles. The van der Waals surface area contributed by atoms with Crippen LogP contribution in [0.15, 0.2) is 0 Å². The molecule has 6 atom stereocenters. The molecule has 0 aromatic rings. The van der Waals surface area contributed by atoms with Crippen molar-refractivity contribution in [2.24, 2.45) is 23.5 Å². The lowest BCUT2D eigenvalue weighted by Crippen LogP contribution is -2.72. The lowest BCUT2D eigenvalue weighted by Gasteiger charge is -2.51. The summed E-state index contributed by atoms with van der Waals surface area (Å²) in [5.41, 5.74) is 6.15. The van der Waals surface area contributed by atoms with Crippen LogP contribution >= 0.6 is 0 Å². The van der Waals surface area contributed by atoms with Gasteiger partial charge in [-0.15, -0.1) is 0 Å². The first-order valence-corrected chi connectivity index (χ1v) is 6.92. The van der Waals surface area contributed by atoms with Gasteiger partial charge >= 0.3 is 0 Å². The number of likely N-dealkylation sites (tertiary alicyclic amines) is 1. The molecule has 2 amide bonds. The minimum absolute atomic E-state index is 0.00292. The van der Waals surface area contributed by atoms with Gasteiger partial charge in [-0.3, -0.25) is 14.5 Å². The zero-order valence-electron chi connectivity index (χ0n) is 10.2. The van der Waals surface area contributed by atoms with Gasteiger partial charge in [0, 0.05) is 30.4 Å². The van der Waals surface area contributed by atoms with Crippen molar-refractivity contribution in [1.29, 1.82) is 0 Å². The van der Waals surface area contributed by atoms with Crippen LogP contribution in [0.1, 0.15) is 25.7 Å². The number of carbonyl (C=O) groups excluding carboxylic acids is 2. The van der Waals surface area contributed by atoms with Gasteiger partial charge in [-0.25, -0.2) is 0 Å². The van der Waals surface area contributed by atoms with E-state index >= 15 is 0 Å². The van der Waals surface area contributed by atoms with Gasteiger partial charge in [-0.1, -0.05) is 0 Å². The van der Waals surface area contributed by atoms with E-state index in [9.17, 15) is 9.59 Å². The molecular formula is C13H18N2O3. The first-order valence-electron chi connectivity index (χ1n) is 6.92. The highest BCUT2D eigenvalue weighted by Gasteiger charge is 2.60. The van der Waals surface area contributed by atoms with Crippen LogP contribution in [0.3, 0.4) is 0 Å². The summed E-state index contributed by atoms with van der Waals surface area (Å²) < 4.78 is 5.65. The Morgan fingerprint density at radius 2 is 1.78 bits per heavy atom. The summed E-state index contributed by atoms with van der Waals surface area (Å²) >= 11 is 0. The summed E-state index contributed by atoms with van der Waals surface area (Å²) in [7, 11) is 0. The molecule has 2 heterocycles. The largest absolute Gasteiger partial charge is 0.376 e. The van der Waals surface area contributed by atoms with Crippen molar-refractivity contribution in [2.75, 3.05) is 6.61 Å². The maximum atomic E-state index is 12.4. The average molecular weight is 250 g/mol. The van der Waals surface area contributed by atoms with E-state index in [0.717, 1.165) is 25.7 Å². The molecule has 6 unspecified atom stereocenters. The molecular weight excluding hydrogens is 232 g/mol. The third kappa shape index (κ3) is 1.19. The molecule has 18 heavy (non-hydrogen) atoms. The SMILES string of the molecule is NC1C2CCOC2C1N1C(=O)C2CCC(C2)C1=O. The highest BCUT2D eigenvalue weighted by Crippen LogP contribution is 2.46. The van der Waals surface area contributed by atoms with Gasteiger partial charge in [0.05, 0.1) is 12.1 Å². The molecule has 4 rings (SSSR count). The second-order valence-electron chi connectivity index (χ2n) is 6.11. The first kappa shape index (κ1) is 10.9. The molecule has 2 saturated heterocycles. The third-order valence-corrected chi connectivity index (χ3v) is 5.31. The molecule has 0 radical (unpaired) electrons. The van der Waals surface area contributed by atoms with Crippen LogP contribution in [0.4, 0.5) is 0 Å². The Bertz CT molecular complexity index is 402. The number of fused-ring (bicyclic) bond motifs is 3. The standard InChI is InChI=1S/C13H18N2O3/c14-9-8-3-4-18-11(8)10(9)15-12(16)6-1-2-7(5-6)13(15)17/h6-11H,1-5,14H2. The van der Waals surface area contributed by atoms with E-state index in [1.54, 1.807) is 0 Å². The predicted octanol–water partition coefficient (Wildman–Crippen LogP) is -0.114. The van der Waals surface area contributed by atoms with Crippen molar-refractivity contribution in [2.45, 2.75) is 43.9 Å². The van der Waals surface area contributed by atoms with Gasteiger partial charge in [-0.05, 0) is 25.7 Å². The molecule has 98 valence electrons. The van der Waals surface area contributed by atoms with Crippen LogP contribution in [0.5, 0.6) is 0 Å². The van der Waals surface area contributed by atoms with Crippen LogP contribution in [0.2, 0.25) is 0 Å². The summed E-state index contributed by atoms with van der Waals surface area (Å²) in [4.78, 5) is 26.2. The average Bonchev–Trinajstić information content (AvgIpc) is 2.97. The lowest BCUT2D eigenvalue weighted by atomic mass is 9.70. The number of rotatable bonds is 1. The Hall–Kier alpha value is -0.940. The van der Waals surface area contributed by atoms with Crippen molar-refractivity contribution >= 4 is 11.8 Å². The van der Waals surface area contributed by atoms with Crippen LogP contribution in [-0.2, 0) is 14.3 Å². The molecule has 0 aromatic carbocycles. The van der Waals surface area contributed by atoms with Gasteiger partial charge in [0.2, 0.25) is 11.8 Å². The molecule has 2 bridgehead atoms. The molecule has 2 N–H and O–H groups in total. The van der Waals surface area contributed by atoms with Crippen molar-refractivity contribution in [3.8, 4) is 0 Å². The number of nitrogens with zero attached hydrogens (tertiary/aromatic N) is 1. The number of nitrogens with two attached hydrogens (primary N) is 1. The monoisotopic (exact) mass is 250 g/mol. The Morgan fingerprint density at radius 1 is 1.11 bits per heavy atom. The minimum Gasteiger partial charge on any atom is -0.376 e. The van der Waals surface area contributed by atoms with E-state index in [1.165, 1.54) is 4.90 Å². The van der Waals surface area contributed by atoms with Crippen molar-refractivity contribution < 1.29 is 14.3 Å². The lowest BCUT2D eigenvalue weighted by molar-refractivity contribution is -0.168. The Kier molecular flexibility index (Phi) is 2.15. The molecule has 0 spiro atoms. The molecule has 2 saturated carbocycles. The third-order valence-electron chi connectivity index (χ3n) is 5.31. The maximum absolute atomic E-state index is 12.4. The summed E-state index contributed by atoms with van der Waals surface area (Å²) in [5.74, 6) is 0.460. The Labute approximate surface area is 106 Å². The highest BCUT2D eigenvalue weighted by molar-refractivity contribution is 6.01. The summed E-state index contributed by atoms with van der Waals surface area (Å²) in [5, 5.41) is 0. The van der Waals surface area contributed by atoms with Gasteiger partial charge < -0.3 is 10.5 Å². The number of ether oxygens (including phenoxy) is 1. The van der Waals surface area contributed by atoms with Crippen molar-refractivity contribution in [3.05, 3.63) is 0 Å². The normalized spacial score (nSPS) is 50.4. The molecule has 2 aliphatic heterocycles. The van der Waals surface area contributed by atoms with E-state index in [2.05, 4.69) is 0 Å². The predicted molar refractivity (Wildman–Crippen MR) is 62.3 cm³/mol. The second-order valence-corrected chi connectivity index (χ2v) is 6.11. The molecule has 0 aromatic heterocycles. The second kappa shape index (κ2) is 3.54. The molecule has 5 nitrogen and oxygen atoms in total. The van der Waals surface area contributed by atoms with E-state index in [0.29, 0.717) is 12.5 Å². The molecule has 5 heteroatoms. The first-order chi connectivity index (χ1) is 8.68. The van der Waals surface area contributed by atoms with Crippen LogP contribution in [-0.4, -0.2) is 41.5 Å². The van der Waals surface area contributed by atoms with Gasteiger partial charge in [0.1, 0.15) is 0 Å². The molecule has 4 aliphatic rings. The van der Waals surface area contributed by atoms with E-state index in [4.69, 9.17) is 10.5 Å². The highest BCUT2D eigenvalue weighted by atomic mass is 16.5. The zero-order chi connectivity index (χ0) is 12.4. The topological polar surface area (TPSA) is 72.6 Å². The minimum atomic E-state index is -0.194. The summed E-state index contributed by atoms with van der Waals surface area (Å²) in [6.07, 6.45) is 3.45. The molecule has 4 fully saturated rings. The number of hydrogen-bond acceptors (Lipinski definition) is 4. The number of carbonyl (C=O) groups is 2. The van der Waals surface area contributed by atoms with Crippen molar-refractivity contribution in [3.63, 3.8) is 0 Å². The van der Waals surface area contributed by atoms with E-state index in [-0.39, 0.29) is 41.8 Å². The zero-order valence-corrected chi connectivity index (χ0v) is 10.2. The quantitative estimate of drug-likeness (QED) is 0.659. The smallest absolute Gasteiger partial charge is 0.232 e. The summed E-state index contributed by atoms with van der Waals surface area (Å²) in [6, 6.07) is -0.274. The maximum Gasteiger partial charge on any atom is 0.232 e. The van der Waals surface area contributed by atoms with Crippen LogP contribution in [0, 0.1) is 17.8 Å². The summed E-state index contributed by atoms with van der Waals surface area (Å²) in [6.45, 7) is 0.711. The van der Waals surface area contributed by atoms with Crippen molar-refractivity contribution in [1.82, 2.24) is 4.90 Å². The van der Waals surface area contributed by atoms with Crippen LogP contribution in [0.25, 0.3) is 0 Å². The van der Waals surface area contributed by atoms with E-state index < -0.39 is 0 Å². The number of imide groups is 1. The van der Waals surface area contributed by atoms with Crippen LogP contribution < -0.4 is 5.73 Å². The number of piperidine rings is 1. The van der Waals surface area contributed by atoms with Gasteiger partial charge in [-0.2, -0.15) is 0 Å². The fourth-order valence-corrected chi connectivity index (χ4v) is 4.26. The Morgan fingerprint density at radius 3 is 2.44 bits per heavy atom. The fourth-order valence-electron chi connectivity index (χ4n) is 4.26. The van der Waals surface area contributed by atoms with E-state index in [1.807, 2.05) is 0 Å². The number of amides is 2.